The Bertz CT molecular complexity index is 496. The van der Waals surface area contributed by atoms with Crippen molar-refractivity contribution in [1.29, 1.82) is 0 Å². The summed E-state index contributed by atoms with van der Waals surface area (Å²) in [6.45, 7) is 12.7. The van der Waals surface area contributed by atoms with E-state index in [-0.39, 0.29) is 23.1 Å². The number of unbranched alkanes of at least 4 members (excludes halogenated alkanes) is 20. The Morgan fingerprint density at radius 1 is 0.405 bits per heavy atom. The van der Waals surface area contributed by atoms with Crippen molar-refractivity contribution in [1.82, 2.24) is 6.15 Å². The summed E-state index contributed by atoms with van der Waals surface area (Å²) in [5.74, 6) is 0.359. The van der Waals surface area contributed by atoms with E-state index in [2.05, 4.69) is 34.6 Å². The Morgan fingerprint density at radius 3 is 0.838 bits per heavy atom. The van der Waals surface area contributed by atoms with Crippen LogP contribution in [0.2, 0.25) is 0 Å². The van der Waals surface area contributed by atoms with Crippen molar-refractivity contribution in [3.63, 3.8) is 0 Å². The van der Waals surface area contributed by atoms with Gasteiger partial charge in [0.1, 0.15) is 11.6 Å². The Hall–Kier alpha value is -0.700. The SMILES string of the molecule is CCCCCCCCCCCCCC(=O)C(C)(C(=O)CCCCCCCCCCCCC)C(C)(C)C.N. The van der Waals surface area contributed by atoms with E-state index >= 15 is 0 Å². The summed E-state index contributed by atoms with van der Waals surface area (Å²) < 4.78 is 0. The van der Waals surface area contributed by atoms with Gasteiger partial charge in [-0.05, 0) is 25.2 Å². The van der Waals surface area contributed by atoms with E-state index in [1.807, 2.05) is 6.92 Å². The predicted octanol–water partition coefficient (Wildman–Crippen LogP) is 11.7. The van der Waals surface area contributed by atoms with Gasteiger partial charge in [-0.3, -0.25) is 9.59 Å². The number of rotatable bonds is 26. The maximum atomic E-state index is 13.3. The number of Topliss-reactive ketones (excluding diaryl/α,β-unsaturated/α-hetero) is 2. The van der Waals surface area contributed by atoms with Gasteiger partial charge >= 0.3 is 0 Å². The molecular formula is C34H69NO2. The topological polar surface area (TPSA) is 69.1 Å². The molecule has 0 aliphatic heterocycles. The first kappa shape index (κ1) is 38.4. The summed E-state index contributed by atoms with van der Waals surface area (Å²) in [6, 6.07) is 0. The van der Waals surface area contributed by atoms with Crippen LogP contribution in [0.15, 0.2) is 0 Å². The van der Waals surface area contributed by atoms with E-state index in [9.17, 15) is 9.59 Å². The monoisotopic (exact) mass is 524 g/mol. The maximum absolute atomic E-state index is 13.3. The molecule has 3 nitrogen and oxygen atoms in total. The molecule has 0 fully saturated rings. The van der Waals surface area contributed by atoms with Crippen molar-refractivity contribution in [3.05, 3.63) is 0 Å². The average Bonchev–Trinajstić information content (AvgIpc) is 2.84. The molecule has 0 rings (SSSR count). The Morgan fingerprint density at radius 2 is 0.622 bits per heavy atom. The summed E-state index contributed by atoms with van der Waals surface area (Å²) in [5.41, 5.74) is -1.17. The molecule has 0 aliphatic carbocycles. The third-order valence-electron chi connectivity index (χ3n) is 8.63. The summed E-state index contributed by atoms with van der Waals surface area (Å²) >= 11 is 0. The molecule has 0 unspecified atom stereocenters. The Kier molecular flexibility index (Phi) is 25.3. The zero-order valence-electron chi connectivity index (χ0n) is 26.5. The first-order chi connectivity index (χ1) is 17.2. The lowest BCUT2D eigenvalue weighted by Gasteiger charge is -2.39. The molecule has 0 aromatic heterocycles. The van der Waals surface area contributed by atoms with Gasteiger partial charge in [-0.2, -0.15) is 0 Å². The van der Waals surface area contributed by atoms with Gasteiger partial charge in [-0.15, -0.1) is 0 Å². The molecule has 3 heteroatoms. The summed E-state index contributed by atoms with van der Waals surface area (Å²) in [5, 5.41) is 0. The van der Waals surface area contributed by atoms with Crippen LogP contribution < -0.4 is 6.15 Å². The summed E-state index contributed by atoms with van der Waals surface area (Å²) in [6.07, 6.45) is 29.4. The molecule has 0 amide bonds. The standard InChI is InChI=1S/C34H66O2.H3N/c1-7-9-11-13-15-17-19-21-23-25-27-29-31(35)34(6,33(3,4)5)32(36)30-28-26-24-22-20-18-16-14-12-10-8-2;/h7-30H2,1-6H3;1H3. The van der Waals surface area contributed by atoms with Crippen molar-refractivity contribution in [2.45, 2.75) is 196 Å². The zero-order chi connectivity index (χ0) is 27.1. The molecule has 0 heterocycles. The fourth-order valence-corrected chi connectivity index (χ4v) is 5.39. The van der Waals surface area contributed by atoms with E-state index in [0.717, 1.165) is 25.7 Å². The molecule has 3 N–H and O–H groups in total. The molecule has 222 valence electrons. The Balaban J connectivity index is 0. The fourth-order valence-electron chi connectivity index (χ4n) is 5.39. The normalized spacial score (nSPS) is 11.9. The number of hydrogen-bond acceptors (Lipinski definition) is 3. The highest BCUT2D eigenvalue weighted by Crippen LogP contribution is 2.42. The van der Waals surface area contributed by atoms with Crippen LogP contribution in [0.4, 0.5) is 0 Å². The quantitative estimate of drug-likeness (QED) is 0.0905. The minimum absolute atomic E-state index is 0. The molecule has 0 aromatic rings. The van der Waals surface area contributed by atoms with Gasteiger partial charge in [0.25, 0.3) is 0 Å². The second-order valence-electron chi connectivity index (χ2n) is 12.8. The second kappa shape index (κ2) is 24.3. The largest absolute Gasteiger partial charge is 0.344 e. The van der Waals surface area contributed by atoms with Crippen LogP contribution in [0.25, 0.3) is 0 Å². The molecule has 0 radical (unpaired) electrons. The minimum Gasteiger partial charge on any atom is -0.344 e. The molecule has 0 saturated carbocycles. The van der Waals surface area contributed by atoms with E-state index in [0.29, 0.717) is 12.8 Å². The number of hydrogen-bond donors (Lipinski definition) is 1. The molecular weight excluding hydrogens is 454 g/mol. The van der Waals surface area contributed by atoms with Crippen LogP contribution in [0.5, 0.6) is 0 Å². The van der Waals surface area contributed by atoms with Crippen molar-refractivity contribution in [2.24, 2.45) is 10.8 Å². The van der Waals surface area contributed by atoms with Crippen molar-refractivity contribution >= 4 is 11.6 Å². The molecule has 0 saturated heterocycles. The zero-order valence-corrected chi connectivity index (χ0v) is 26.5. The fraction of sp³-hybridized carbons (Fsp3) is 0.941. The van der Waals surface area contributed by atoms with E-state index in [1.54, 1.807) is 0 Å². The lowest BCUT2D eigenvalue weighted by molar-refractivity contribution is -0.147. The van der Waals surface area contributed by atoms with Gasteiger partial charge in [-0.1, -0.05) is 163 Å². The third kappa shape index (κ3) is 18.3. The lowest BCUT2D eigenvalue weighted by Crippen LogP contribution is -2.47. The van der Waals surface area contributed by atoms with Crippen LogP contribution in [0.3, 0.4) is 0 Å². The second-order valence-corrected chi connectivity index (χ2v) is 12.8. The van der Waals surface area contributed by atoms with E-state index in [4.69, 9.17) is 0 Å². The van der Waals surface area contributed by atoms with Crippen LogP contribution in [0.1, 0.15) is 196 Å². The highest BCUT2D eigenvalue weighted by molar-refractivity contribution is 6.07. The lowest BCUT2D eigenvalue weighted by atomic mass is 9.61. The van der Waals surface area contributed by atoms with E-state index in [1.165, 1.54) is 116 Å². The highest BCUT2D eigenvalue weighted by atomic mass is 16.2. The van der Waals surface area contributed by atoms with Gasteiger partial charge in [0, 0.05) is 12.8 Å². The molecule has 0 aliphatic rings. The van der Waals surface area contributed by atoms with Gasteiger partial charge in [0.05, 0.1) is 5.41 Å². The minimum atomic E-state index is -0.843. The smallest absolute Gasteiger partial charge is 0.146 e. The molecule has 37 heavy (non-hydrogen) atoms. The summed E-state index contributed by atoms with van der Waals surface area (Å²) in [4.78, 5) is 26.6. The van der Waals surface area contributed by atoms with Gasteiger partial charge < -0.3 is 6.15 Å². The van der Waals surface area contributed by atoms with Crippen molar-refractivity contribution < 1.29 is 9.59 Å². The maximum Gasteiger partial charge on any atom is 0.146 e. The molecule has 0 bridgehead atoms. The first-order valence-electron chi connectivity index (χ1n) is 16.3. The van der Waals surface area contributed by atoms with Crippen LogP contribution in [-0.4, -0.2) is 11.6 Å². The van der Waals surface area contributed by atoms with Gasteiger partial charge in [-0.25, -0.2) is 0 Å². The number of carbonyl (C=O) groups is 2. The molecule has 0 atom stereocenters. The highest BCUT2D eigenvalue weighted by Gasteiger charge is 2.48. The number of carbonyl (C=O) groups excluding carboxylic acids is 2. The van der Waals surface area contributed by atoms with Gasteiger partial charge in [0.15, 0.2) is 0 Å². The first-order valence-corrected chi connectivity index (χ1v) is 16.3. The van der Waals surface area contributed by atoms with Gasteiger partial charge in [0.2, 0.25) is 0 Å². The van der Waals surface area contributed by atoms with E-state index < -0.39 is 5.41 Å². The average molecular weight is 524 g/mol. The summed E-state index contributed by atoms with van der Waals surface area (Å²) in [7, 11) is 0. The van der Waals surface area contributed by atoms with Crippen LogP contribution >= 0.6 is 0 Å². The Labute approximate surface area is 233 Å². The van der Waals surface area contributed by atoms with Crippen LogP contribution in [0, 0.1) is 10.8 Å². The molecule has 0 spiro atoms. The van der Waals surface area contributed by atoms with Crippen molar-refractivity contribution in [2.75, 3.05) is 0 Å². The van der Waals surface area contributed by atoms with Crippen LogP contribution in [-0.2, 0) is 9.59 Å². The third-order valence-corrected chi connectivity index (χ3v) is 8.63. The van der Waals surface area contributed by atoms with Crippen molar-refractivity contribution in [3.8, 4) is 0 Å². The predicted molar refractivity (Wildman–Crippen MR) is 165 cm³/mol. The molecule has 0 aromatic carbocycles. The number of ketones is 2.